The lowest BCUT2D eigenvalue weighted by atomic mass is 9.87. The molecule has 1 aliphatic rings. The Labute approximate surface area is 325 Å². The smallest absolute Gasteiger partial charge is 0.159 e. The molecular weight excluding hydrogens is 681 g/mol. The van der Waals surface area contributed by atoms with E-state index in [2.05, 4.69) is 167 Å². The number of nitrogens with zero attached hydrogens (tertiary/aromatic N) is 4. The standard InChI is InChI=1S/C52H34N4/c1-3-15-35(16-4-1)44-31-32-53-52(54-44)39-20-14-18-37(34-39)36-17-13-19-38(33-36)50-48(56-45-26-10-7-23-41(45)42-24-8-11-27-46(42)56)29-30-49-51(50)43-25-9-12-28-47(43)55(49)40-21-5-2-6-22-40/h1-10,12,14-18,20-26,28-34H,13,19H2. The number of allylic oxidation sites excluding steroid dienone is 4. The molecular formula is C52H34N4. The zero-order valence-electron chi connectivity index (χ0n) is 30.5. The molecule has 262 valence electrons. The summed E-state index contributed by atoms with van der Waals surface area (Å²) >= 11 is 0. The molecule has 0 spiro atoms. The second-order valence-electron chi connectivity index (χ2n) is 14.3. The summed E-state index contributed by atoms with van der Waals surface area (Å²) in [5.74, 6) is 0.717. The average Bonchev–Trinajstić information content (AvgIpc) is 3.80. The molecule has 0 fully saturated rings. The van der Waals surface area contributed by atoms with Gasteiger partial charge < -0.3 is 9.13 Å². The first-order valence-corrected chi connectivity index (χ1v) is 19.1. The van der Waals surface area contributed by atoms with Gasteiger partial charge in [0.25, 0.3) is 0 Å². The van der Waals surface area contributed by atoms with Crippen molar-refractivity contribution in [3.05, 3.63) is 205 Å². The van der Waals surface area contributed by atoms with Gasteiger partial charge in [0.05, 0.1) is 27.9 Å². The predicted molar refractivity (Wildman–Crippen MR) is 231 cm³/mol. The van der Waals surface area contributed by atoms with E-state index in [1.807, 2.05) is 36.5 Å². The van der Waals surface area contributed by atoms with Crippen LogP contribution >= 0.6 is 0 Å². The Kier molecular flexibility index (Phi) is 7.50. The fraction of sp³-hybridized carbons (Fsp3) is 0.0385. The van der Waals surface area contributed by atoms with Crippen LogP contribution in [0.5, 0.6) is 0 Å². The molecule has 4 heteroatoms. The van der Waals surface area contributed by atoms with E-state index in [4.69, 9.17) is 9.97 Å². The largest absolute Gasteiger partial charge is 0.309 e. The molecule has 4 nitrogen and oxygen atoms in total. The molecule has 0 amide bonds. The Bertz CT molecular complexity index is 3130. The molecule has 7 aromatic carbocycles. The summed E-state index contributed by atoms with van der Waals surface area (Å²) in [6.07, 6.45) is 8.48. The van der Waals surface area contributed by atoms with Crippen LogP contribution < -0.4 is 0 Å². The summed E-state index contributed by atoms with van der Waals surface area (Å²) in [6, 6.07) is 64.7. The van der Waals surface area contributed by atoms with Crippen LogP contribution in [0.15, 0.2) is 182 Å². The number of benzene rings is 6. The third kappa shape index (κ3) is 5.17. The minimum absolute atomic E-state index is 0.717. The van der Waals surface area contributed by atoms with Crippen molar-refractivity contribution in [2.24, 2.45) is 0 Å². The summed E-state index contributed by atoms with van der Waals surface area (Å²) in [7, 11) is 0. The zero-order valence-corrected chi connectivity index (χ0v) is 30.5. The third-order valence-corrected chi connectivity index (χ3v) is 11.1. The van der Waals surface area contributed by atoms with Crippen molar-refractivity contribution in [2.75, 3.05) is 0 Å². The Balaban J connectivity index is 1.14. The predicted octanol–water partition coefficient (Wildman–Crippen LogP) is 12.9. The summed E-state index contributed by atoms with van der Waals surface area (Å²) in [5, 5.41) is 4.86. The van der Waals surface area contributed by atoms with Crippen LogP contribution in [0.1, 0.15) is 24.0 Å². The van der Waals surface area contributed by atoms with Gasteiger partial charge in [-0.2, -0.15) is 0 Å². The molecule has 3 aromatic heterocycles. The van der Waals surface area contributed by atoms with Gasteiger partial charge >= 0.3 is 0 Å². The van der Waals surface area contributed by atoms with Gasteiger partial charge in [0, 0.05) is 50.1 Å². The van der Waals surface area contributed by atoms with Gasteiger partial charge in [0.1, 0.15) is 5.52 Å². The maximum Gasteiger partial charge on any atom is 0.159 e. The van der Waals surface area contributed by atoms with Crippen molar-refractivity contribution in [3.63, 3.8) is 0 Å². The van der Waals surface area contributed by atoms with Crippen LogP contribution in [-0.2, 0) is 0 Å². The lowest BCUT2D eigenvalue weighted by molar-refractivity contribution is 1.05. The minimum atomic E-state index is 0.717. The molecule has 0 saturated carbocycles. The maximum absolute atomic E-state index is 4.99. The van der Waals surface area contributed by atoms with E-state index < -0.39 is 0 Å². The lowest BCUT2D eigenvalue weighted by Gasteiger charge is -2.21. The Morgan fingerprint density at radius 3 is 2.16 bits per heavy atom. The molecule has 0 N–H and O–H groups in total. The van der Waals surface area contributed by atoms with Crippen molar-refractivity contribution in [3.8, 4) is 34.0 Å². The van der Waals surface area contributed by atoms with E-state index in [1.165, 1.54) is 49.3 Å². The van der Waals surface area contributed by atoms with Crippen molar-refractivity contribution < 1.29 is 0 Å². The fourth-order valence-corrected chi connectivity index (χ4v) is 8.66. The summed E-state index contributed by atoms with van der Waals surface area (Å²) in [4.78, 5) is 9.69. The van der Waals surface area contributed by atoms with Crippen LogP contribution in [0.2, 0.25) is 0 Å². The number of para-hydroxylation sites is 3. The van der Waals surface area contributed by atoms with Crippen LogP contribution in [-0.4, -0.2) is 19.1 Å². The van der Waals surface area contributed by atoms with Gasteiger partial charge in [-0.05, 0) is 96.3 Å². The SMILES string of the molecule is c1ccc2c3ccccc3n(-c3ccc4c(c3C3=CC(c5cccc(-c6nccc(-c7ccccc7)n6)c5)=CCC3)c3ccccc3n4-c3ccccc3)c2c#1. The Morgan fingerprint density at radius 1 is 0.571 bits per heavy atom. The lowest BCUT2D eigenvalue weighted by Crippen LogP contribution is -2.03. The number of hydrogen-bond donors (Lipinski definition) is 0. The van der Waals surface area contributed by atoms with E-state index in [0.29, 0.717) is 5.82 Å². The van der Waals surface area contributed by atoms with E-state index in [0.717, 1.165) is 57.6 Å². The quantitative estimate of drug-likeness (QED) is 0.172. The summed E-state index contributed by atoms with van der Waals surface area (Å²) < 4.78 is 4.82. The van der Waals surface area contributed by atoms with Crippen molar-refractivity contribution in [2.45, 2.75) is 12.8 Å². The van der Waals surface area contributed by atoms with Crippen molar-refractivity contribution in [1.82, 2.24) is 19.1 Å². The van der Waals surface area contributed by atoms with Gasteiger partial charge in [-0.25, -0.2) is 9.97 Å². The third-order valence-electron chi connectivity index (χ3n) is 11.1. The number of hydrogen-bond acceptors (Lipinski definition) is 2. The molecule has 3 heterocycles. The molecule has 0 bridgehead atoms. The monoisotopic (exact) mass is 714 g/mol. The fourth-order valence-electron chi connectivity index (χ4n) is 8.66. The molecule has 0 aliphatic heterocycles. The molecule has 56 heavy (non-hydrogen) atoms. The minimum Gasteiger partial charge on any atom is -0.309 e. The second-order valence-corrected chi connectivity index (χ2v) is 14.3. The summed E-state index contributed by atoms with van der Waals surface area (Å²) in [6.45, 7) is 0. The number of aromatic nitrogens is 4. The second kappa shape index (κ2) is 13.1. The van der Waals surface area contributed by atoms with Gasteiger partial charge in [-0.1, -0.05) is 121 Å². The highest BCUT2D eigenvalue weighted by Crippen LogP contribution is 2.45. The van der Waals surface area contributed by atoms with Crippen LogP contribution in [0.4, 0.5) is 0 Å². The van der Waals surface area contributed by atoms with E-state index in [1.54, 1.807) is 0 Å². The van der Waals surface area contributed by atoms with Crippen molar-refractivity contribution in [1.29, 1.82) is 0 Å². The summed E-state index contributed by atoms with van der Waals surface area (Å²) in [5.41, 5.74) is 14.7. The highest BCUT2D eigenvalue weighted by atomic mass is 15.0. The molecule has 0 radical (unpaired) electrons. The molecule has 0 unspecified atom stereocenters. The molecule has 0 atom stereocenters. The van der Waals surface area contributed by atoms with E-state index >= 15 is 0 Å². The number of rotatable bonds is 6. The van der Waals surface area contributed by atoms with Crippen molar-refractivity contribution >= 4 is 54.8 Å². The normalized spacial score (nSPS) is 12.9. The highest BCUT2D eigenvalue weighted by Gasteiger charge is 2.24. The molecule has 11 rings (SSSR count). The van der Waals surface area contributed by atoms with Gasteiger partial charge in [0.2, 0.25) is 0 Å². The zero-order chi connectivity index (χ0) is 37.0. The first-order chi connectivity index (χ1) is 27.8. The first-order valence-electron chi connectivity index (χ1n) is 19.1. The molecule has 1 aliphatic carbocycles. The Morgan fingerprint density at radius 2 is 1.30 bits per heavy atom. The van der Waals surface area contributed by atoms with Crippen LogP contribution in [0, 0.1) is 12.1 Å². The van der Waals surface area contributed by atoms with E-state index in [-0.39, 0.29) is 0 Å². The molecule has 10 aromatic rings. The van der Waals surface area contributed by atoms with Gasteiger partial charge in [-0.15, -0.1) is 0 Å². The maximum atomic E-state index is 4.99. The van der Waals surface area contributed by atoms with Crippen LogP contribution in [0.3, 0.4) is 0 Å². The topological polar surface area (TPSA) is 35.6 Å². The van der Waals surface area contributed by atoms with E-state index in [9.17, 15) is 0 Å². The number of fused-ring (bicyclic) bond motifs is 6. The first kappa shape index (κ1) is 32.0. The molecule has 0 saturated heterocycles. The van der Waals surface area contributed by atoms with Gasteiger partial charge in [-0.3, -0.25) is 0 Å². The highest BCUT2D eigenvalue weighted by molar-refractivity contribution is 6.17. The van der Waals surface area contributed by atoms with Crippen LogP contribution in [0.25, 0.3) is 88.8 Å². The average molecular weight is 715 g/mol. The Hall–Kier alpha value is -7.48. The van der Waals surface area contributed by atoms with Gasteiger partial charge in [0.15, 0.2) is 5.82 Å².